The summed E-state index contributed by atoms with van der Waals surface area (Å²) in [6.45, 7) is 8.62. The Bertz CT molecular complexity index is 1250. The molecule has 2 saturated heterocycles. The lowest BCUT2D eigenvalue weighted by Gasteiger charge is -2.45. The number of fused-ring (bicyclic) bond motifs is 3. The van der Waals surface area contributed by atoms with E-state index in [-0.39, 0.29) is 17.0 Å². The molecule has 0 aliphatic carbocycles. The van der Waals surface area contributed by atoms with Crippen molar-refractivity contribution >= 4 is 6.03 Å². The lowest BCUT2D eigenvalue weighted by molar-refractivity contribution is 0.0668. The van der Waals surface area contributed by atoms with Crippen molar-refractivity contribution in [2.45, 2.75) is 50.7 Å². The predicted molar refractivity (Wildman–Crippen MR) is 150 cm³/mol. The maximum atomic E-state index is 14.1. The minimum atomic E-state index is -0.378. The van der Waals surface area contributed by atoms with Crippen LogP contribution in [0.15, 0.2) is 48.2 Å². The van der Waals surface area contributed by atoms with Crippen LogP contribution in [0.5, 0.6) is 17.2 Å². The molecule has 0 atom stereocenters. The molecule has 8 nitrogen and oxygen atoms in total. The molecular formula is C31H41N3O5. The molecule has 0 N–H and O–H groups in total. The van der Waals surface area contributed by atoms with Gasteiger partial charge in [0.25, 0.3) is 0 Å². The first-order valence-electron chi connectivity index (χ1n) is 13.7. The number of methoxy groups -OCH3 is 4. The van der Waals surface area contributed by atoms with Gasteiger partial charge in [0.15, 0.2) is 0 Å². The van der Waals surface area contributed by atoms with E-state index in [1.165, 1.54) is 5.56 Å². The summed E-state index contributed by atoms with van der Waals surface area (Å²) in [4.78, 5) is 20.6. The Morgan fingerprint density at radius 2 is 1.67 bits per heavy atom. The summed E-state index contributed by atoms with van der Waals surface area (Å²) in [7, 11) is 6.75. The number of rotatable bonds is 8. The summed E-state index contributed by atoms with van der Waals surface area (Å²) in [6, 6.07) is 12.3. The maximum Gasteiger partial charge on any atom is 0.325 e. The zero-order valence-corrected chi connectivity index (χ0v) is 24.1. The monoisotopic (exact) mass is 535 g/mol. The van der Waals surface area contributed by atoms with Crippen LogP contribution in [-0.4, -0.2) is 81.0 Å². The van der Waals surface area contributed by atoms with E-state index in [0.29, 0.717) is 19.7 Å². The van der Waals surface area contributed by atoms with Gasteiger partial charge >= 0.3 is 6.03 Å². The molecule has 3 heterocycles. The highest BCUT2D eigenvalue weighted by Gasteiger charge is 2.56. The number of benzene rings is 2. The fourth-order valence-electron chi connectivity index (χ4n) is 6.68. The molecule has 5 rings (SSSR count). The first-order valence-corrected chi connectivity index (χ1v) is 13.7. The van der Waals surface area contributed by atoms with Gasteiger partial charge < -0.3 is 23.8 Å². The average Bonchev–Trinajstić information content (AvgIpc) is 3.04. The van der Waals surface area contributed by atoms with Gasteiger partial charge in [0.05, 0.1) is 40.0 Å². The fourth-order valence-corrected chi connectivity index (χ4v) is 6.68. The number of nitrogens with zero attached hydrogens (tertiary/aromatic N) is 3. The Hall–Kier alpha value is -3.23. The number of piperidine rings is 1. The van der Waals surface area contributed by atoms with Crippen LogP contribution in [0.25, 0.3) is 0 Å². The first kappa shape index (κ1) is 27.3. The standard InChI is InChI=1S/C31H41N3O5/c1-30(2)19-27-31(10-12-32(13-11-31)20-22-8-7-9-24(16-22)37-4)34(14-15-36-3)29(35)33(27)21-23-17-25(38-5)18-26(39-6)28(23)30/h7-9,16-19H,10-15,20-21H2,1-6H3. The summed E-state index contributed by atoms with van der Waals surface area (Å²) in [5, 5.41) is 0. The highest BCUT2D eigenvalue weighted by atomic mass is 16.5. The van der Waals surface area contributed by atoms with Crippen LogP contribution < -0.4 is 14.2 Å². The molecule has 0 unspecified atom stereocenters. The normalized spacial score (nSPS) is 19.8. The molecule has 0 aromatic heterocycles. The fraction of sp³-hybridized carbons (Fsp3) is 0.516. The molecule has 1 spiro atoms. The second-order valence-corrected chi connectivity index (χ2v) is 11.3. The van der Waals surface area contributed by atoms with Crippen molar-refractivity contribution in [3.05, 3.63) is 64.9 Å². The van der Waals surface area contributed by atoms with Gasteiger partial charge in [-0.15, -0.1) is 0 Å². The van der Waals surface area contributed by atoms with Crippen LogP contribution in [0.3, 0.4) is 0 Å². The maximum absolute atomic E-state index is 14.1. The third-order valence-corrected chi connectivity index (χ3v) is 8.57. The molecule has 3 aliphatic heterocycles. The number of carbonyl (C=O) groups is 1. The van der Waals surface area contributed by atoms with E-state index >= 15 is 0 Å². The smallest absolute Gasteiger partial charge is 0.325 e. The van der Waals surface area contributed by atoms with E-state index in [4.69, 9.17) is 18.9 Å². The van der Waals surface area contributed by atoms with Gasteiger partial charge in [-0.3, -0.25) is 9.80 Å². The number of hydrogen-bond donors (Lipinski definition) is 0. The zero-order chi connectivity index (χ0) is 27.8. The molecule has 3 aliphatic rings. The summed E-state index contributed by atoms with van der Waals surface area (Å²) in [5.74, 6) is 2.40. The van der Waals surface area contributed by atoms with Crippen molar-refractivity contribution < 1.29 is 23.7 Å². The number of ether oxygens (including phenoxy) is 4. The molecule has 8 heteroatoms. The molecule has 2 aromatic rings. The third kappa shape index (κ3) is 4.85. The van der Waals surface area contributed by atoms with Crippen LogP contribution in [-0.2, 0) is 23.2 Å². The lowest BCUT2D eigenvalue weighted by atomic mass is 9.77. The zero-order valence-electron chi connectivity index (χ0n) is 24.1. The van der Waals surface area contributed by atoms with Crippen LogP contribution in [0.2, 0.25) is 0 Å². The van der Waals surface area contributed by atoms with Crippen molar-refractivity contribution in [1.29, 1.82) is 0 Å². The van der Waals surface area contributed by atoms with Gasteiger partial charge in [-0.1, -0.05) is 32.1 Å². The van der Waals surface area contributed by atoms with Gasteiger partial charge in [-0.05, 0) is 42.2 Å². The van der Waals surface area contributed by atoms with E-state index in [2.05, 4.69) is 41.9 Å². The average molecular weight is 536 g/mol. The van der Waals surface area contributed by atoms with E-state index in [0.717, 1.165) is 66.5 Å². The highest BCUT2D eigenvalue weighted by Crippen LogP contribution is 2.50. The van der Waals surface area contributed by atoms with Gasteiger partial charge in [-0.2, -0.15) is 0 Å². The van der Waals surface area contributed by atoms with Crippen molar-refractivity contribution in [2.24, 2.45) is 0 Å². The lowest BCUT2D eigenvalue weighted by Crippen LogP contribution is -2.54. The number of hydrogen-bond acceptors (Lipinski definition) is 6. The minimum Gasteiger partial charge on any atom is -0.497 e. The van der Waals surface area contributed by atoms with Crippen LogP contribution in [0.1, 0.15) is 43.4 Å². The summed E-state index contributed by atoms with van der Waals surface area (Å²) < 4.78 is 22.3. The van der Waals surface area contributed by atoms with Gasteiger partial charge in [0.2, 0.25) is 0 Å². The summed E-state index contributed by atoms with van der Waals surface area (Å²) in [5.41, 5.74) is 3.77. The van der Waals surface area contributed by atoms with E-state index in [9.17, 15) is 4.79 Å². The second kappa shape index (κ2) is 10.7. The molecule has 0 bridgehead atoms. The topological polar surface area (TPSA) is 63.7 Å². The predicted octanol–water partition coefficient (Wildman–Crippen LogP) is 4.81. The van der Waals surface area contributed by atoms with Gasteiger partial charge in [-0.25, -0.2) is 4.79 Å². The Morgan fingerprint density at radius 3 is 2.33 bits per heavy atom. The Kier molecular flexibility index (Phi) is 7.53. The molecular weight excluding hydrogens is 494 g/mol. The molecule has 2 aromatic carbocycles. The SMILES string of the molecule is COCCN1C(=O)N2Cc3cc(OC)cc(OC)c3C(C)(C)C=C2C12CCN(Cc1cccc(OC)c1)CC2. The third-order valence-electron chi connectivity index (χ3n) is 8.57. The first-order chi connectivity index (χ1) is 18.8. The summed E-state index contributed by atoms with van der Waals surface area (Å²) >= 11 is 0. The highest BCUT2D eigenvalue weighted by molar-refractivity contribution is 5.83. The number of urea groups is 1. The van der Waals surface area contributed by atoms with Crippen LogP contribution in [0, 0.1) is 0 Å². The van der Waals surface area contributed by atoms with Crippen LogP contribution >= 0.6 is 0 Å². The Labute approximate surface area is 232 Å². The summed E-state index contributed by atoms with van der Waals surface area (Å²) in [6.07, 6.45) is 4.04. The van der Waals surface area contributed by atoms with E-state index < -0.39 is 0 Å². The Morgan fingerprint density at radius 1 is 0.923 bits per heavy atom. The van der Waals surface area contributed by atoms with Crippen molar-refractivity contribution in [3.8, 4) is 17.2 Å². The molecule has 2 fully saturated rings. The quantitative estimate of drug-likeness (QED) is 0.484. The van der Waals surface area contributed by atoms with Gasteiger partial charge in [0.1, 0.15) is 17.2 Å². The number of amides is 2. The van der Waals surface area contributed by atoms with E-state index in [1.807, 2.05) is 29.2 Å². The van der Waals surface area contributed by atoms with Gasteiger partial charge in [0, 0.05) is 56.0 Å². The van der Waals surface area contributed by atoms with E-state index in [1.54, 1.807) is 28.4 Å². The van der Waals surface area contributed by atoms with Crippen molar-refractivity contribution in [3.63, 3.8) is 0 Å². The number of likely N-dealkylation sites (tertiary alicyclic amines) is 1. The van der Waals surface area contributed by atoms with Crippen molar-refractivity contribution in [1.82, 2.24) is 14.7 Å². The van der Waals surface area contributed by atoms with Crippen molar-refractivity contribution in [2.75, 3.05) is 54.7 Å². The molecule has 2 amide bonds. The molecule has 39 heavy (non-hydrogen) atoms. The largest absolute Gasteiger partial charge is 0.497 e. The molecule has 0 radical (unpaired) electrons. The van der Waals surface area contributed by atoms with Crippen LogP contribution in [0.4, 0.5) is 4.79 Å². The number of allylic oxidation sites excluding steroid dienone is 1. The Balaban J connectivity index is 1.50. The number of carbonyl (C=O) groups excluding carboxylic acids is 1. The minimum absolute atomic E-state index is 0.0463. The molecule has 0 saturated carbocycles. The second-order valence-electron chi connectivity index (χ2n) is 11.3. The molecule has 210 valence electrons.